The molecule has 27 heavy (non-hydrogen) atoms. The van der Waals surface area contributed by atoms with E-state index < -0.39 is 5.82 Å². The summed E-state index contributed by atoms with van der Waals surface area (Å²) in [5.41, 5.74) is 1.81. The number of anilines is 1. The second kappa shape index (κ2) is 7.37. The van der Waals surface area contributed by atoms with Gasteiger partial charge in [0.15, 0.2) is 5.69 Å². The number of benzene rings is 2. The molecule has 0 saturated heterocycles. The van der Waals surface area contributed by atoms with Crippen LogP contribution in [0.2, 0.25) is 5.02 Å². The third kappa shape index (κ3) is 3.79. The fourth-order valence-electron chi connectivity index (χ4n) is 2.39. The molecule has 0 radical (unpaired) electrons. The van der Waals surface area contributed by atoms with Crippen LogP contribution in [0.1, 0.15) is 0 Å². The zero-order valence-corrected chi connectivity index (χ0v) is 15.1. The third-order valence-corrected chi connectivity index (χ3v) is 4.72. The Morgan fingerprint density at radius 2 is 2.11 bits per heavy atom. The monoisotopic (exact) mass is 403 g/mol. The molecular formula is C17H11ClFN5O2S. The minimum Gasteiger partial charge on any atom is -0.409 e. The molecule has 4 aromatic rings. The average molecular weight is 404 g/mol. The molecule has 0 atom stereocenters. The lowest BCUT2D eigenvalue weighted by Gasteiger charge is -2.04. The van der Waals surface area contributed by atoms with Gasteiger partial charge in [0.05, 0.1) is 16.3 Å². The van der Waals surface area contributed by atoms with E-state index in [0.717, 1.165) is 22.7 Å². The van der Waals surface area contributed by atoms with Crippen LogP contribution in [0, 0.1) is 5.82 Å². The van der Waals surface area contributed by atoms with Gasteiger partial charge in [-0.05, 0) is 24.3 Å². The van der Waals surface area contributed by atoms with Crippen LogP contribution in [-0.2, 0) is 4.79 Å². The van der Waals surface area contributed by atoms with Crippen molar-refractivity contribution >= 4 is 45.9 Å². The summed E-state index contributed by atoms with van der Waals surface area (Å²) in [6, 6.07) is 11.5. The zero-order valence-electron chi connectivity index (χ0n) is 13.6. The van der Waals surface area contributed by atoms with Crippen LogP contribution in [0.15, 0.2) is 52.1 Å². The van der Waals surface area contributed by atoms with E-state index in [-0.39, 0.29) is 27.8 Å². The molecule has 2 N–H and O–H groups in total. The number of amides is 1. The molecule has 0 bridgehead atoms. The van der Waals surface area contributed by atoms with Crippen molar-refractivity contribution < 1.29 is 13.6 Å². The molecule has 10 heteroatoms. The minimum atomic E-state index is -0.548. The van der Waals surface area contributed by atoms with E-state index in [0.29, 0.717) is 11.4 Å². The van der Waals surface area contributed by atoms with Gasteiger partial charge in [0.2, 0.25) is 5.91 Å². The maximum Gasteiger partial charge on any atom is 0.277 e. The molecular weight excluding hydrogens is 393 g/mol. The number of halogens is 2. The van der Waals surface area contributed by atoms with E-state index in [4.69, 9.17) is 16.0 Å². The molecule has 1 amide bonds. The lowest BCUT2D eigenvalue weighted by molar-refractivity contribution is -0.113. The molecule has 0 aliphatic heterocycles. The van der Waals surface area contributed by atoms with Gasteiger partial charge in [0.1, 0.15) is 5.82 Å². The van der Waals surface area contributed by atoms with E-state index in [1.807, 2.05) is 24.3 Å². The highest BCUT2D eigenvalue weighted by atomic mass is 35.5. The molecule has 7 nitrogen and oxygen atoms in total. The summed E-state index contributed by atoms with van der Waals surface area (Å²) >= 11 is 6.77. The number of hydrogen-bond acceptors (Lipinski definition) is 6. The number of H-pyrrole nitrogens is 1. The molecule has 0 aliphatic rings. The Bertz CT molecular complexity index is 1130. The molecule has 0 unspecified atom stereocenters. The minimum absolute atomic E-state index is 0.0396. The Hall–Kier alpha value is -2.91. The second-order valence-corrected chi connectivity index (χ2v) is 6.79. The fraction of sp³-hybridized carbons (Fsp3) is 0.0588. The van der Waals surface area contributed by atoms with Crippen molar-refractivity contribution in [1.82, 2.24) is 20.4 Å². The number of nitrogens with one attached hydrogen (secondary N) is 2. The predicted octanol–water partition coefficient (Wildman–Crippen LogP) is 4.14. The van der Waals surface area contributed by atoms with Gasteiger partial charge in [-0.2, -0.15) is 5.10 Å². The maximum atomic E-state index is 13.1. The summed E-state index contributed by atoms with van der Waals surface area (Å²) in [7, 11) is 0. The van der Waals surface area contributed by atoms with Gasteiger partial charge >= 0.3 is 0 Å². The summed E-state index contributed by atoms with van der Waals surface area (Å²) in [4.78, 5) is 12.0. The van der Waals surface area contributed by atoms with E-state index >= 15 is 0 Å². The number of aromatic nitrogens is 4. The molecule has 0 aliphatic carbocycles. The van der Waals surface area contributed by atoms with E-state index in [9.17, 15) is 9.18 Å². The van der Waals surface area contributed by atoms with Crippen LogP contribution in [-0.4, -0.2) is 32.1 Å². The van der Waals surface area contributed by atoms with Crippen molar-refractivity contribution in [3.05, 3.63) is 53.3 Å². The smallest absolute Gasteiger partial charge is 0.277 e. The molecule has 136 valence electrons. The van der Waals surface area contributed by atoms with Crippen molar-refractivity contribution in [2.24, 2.45) is 0 Å². The van der Waals surface area contributed by atoms with Crippen molar-refractivity contribution in [3.63, 3.8) is 0 Å². The molecule has 0 spiro atoms. The number of para-hydroxylation sites is 1. The van der Waals surface area contributed by atoms with Gasteiger partial charge in [-0.15, -0.1) is 10.2 Å². The fourth-order valence-corrected chi connectivity index (χ4v) is 3.13. The number of carbonyl (C=O) groups excluding carboxylic acids is 1. The molecule has 4 rings (SSSR count). The van der Waals surface area contributed by atoms with Gasteiger partial charge < -0.3 is 9.73 Å². The lowest BCUT2D eigenvalue weighted by Crippen LogP contribution is -2.14. The first-order valence-electron chi connectivity index (χ1n) is 7.75. The number of aromatic amines is 1. The van der Waals surface area contributed by atoms with Crippen LogP contribution >= 0.6 is 23.4 Å². The Morgan fingerprint density at radius 1 is 1.26 bits per heavy atom. The van der Waals surface area contributed by atoms with Crippen LogP contribution in [0.3, 0.4) is 0 Å². The third-order valence-electron chi connectivity index (χ3n) is 3.61. The zero-order chi connectivity index (χ0) is 18.8. The van der Waals surface area contributed by atoms with Gasteiger partial charge in [0.25, 0.3) is 11.1 Å². The number of rotatable bonds is 5. The number of nitrogens with zero attached hydrogens (tertiary/aromatic N) is 3. The summed E-state index contributed by atoms with van der Waals surface area (Å²) in [6.07, 6.45) is 0. The Labute approximate surface area is 161 Å². The summed E-state index contributed by atoms with van der Waals surface area (Å²) in [5.74, 6) is -0.556. The van der Waals surface area contributed by atoms with Crippen molar-refractivity contribution in [2.75, 3.05) is 11.1 Å². The van der Waals surface area contributed by atoms with Crippen molar-refractivity contribution in [1.29, 1.82) is 0 Å². The van der Waals surface area contributed by atoms with E-state index in [1.54, 1.807) is 0 Å². The Kier molecular flexibility index (Phi) is 4.78. The number of carbonyl (C=O) groups is 1. The maximum absolute atomic E-state index is 13.1. The van der Waals surface area contributed by atoms with Crippen molar-refractivity contribution in [2.45, 2.75) is 5.22 Å². The van der Waals surface area contributed by atoms with Gasteiger partial charge in [-0.25, -0.2) is 4.39 Å². The normalized spacial score (nSPS) is 11.0. The summed E-state index contributed by atoms with van der Waals surface area (Å²) in [6.45, 7) is 0. The quantitative estimate of drug-likeness (QED) is 0.486. The van der Waals surface area contributed by atoms with E-state index in [1.165, 1.54) is 18.2 Å². The van der Waals surface area contributed by atoms with Crippen LogP contribution in [0.4, 0.5) is 10.1 Å². The van der Waals surface area contributed by atoms with Gasteiger partial charge in [-0.3, -0.25) is 9.89 Å². The van der Waals surface area contributed by atoms with Crippen molar-refractivity contribution in [3.8, 4) is 11.6 Å². The SMILES string of the molecule is O=C(CSc1nnc(-c2n[nH]c3ccccc23)o1)Nc1ccc(F)c(Cl)c1. The van der Waals surface area contributed by atoms with E-state index in [2.05, 4.69) is 25.7 Å². The number of thioether (sulfide) groups is 1. The highest BCUT2D eigenvalue weighted by Crippen LogP contribution is 2.27. The first kappa shape index (κ1) is 17.5. The number of hydrogen-bond donors (Lipinski definition) is 2. The average Bonchev–Trinajstić information content (AvgIpc) is 3.29. The molecule has 0 saturated carbocycles. The lowest BCUT2D eigenvalue weighted by atomic mass is 10.2. The highest BCUT2D eigenvalue weighted by molar-refractivity contribution is 7.99. The highest BCUT2D eigenvalue weighted by Gasteiger charge is 2.16. The number of fused-ring (bicyclic) bond motifs is 1. The summed E-state index contributed by atoms with van der Waals surface area (Å²) < 4.78 is 18.7. The standard InChI is InChI=1S/C17H11ClFN5O2S/c18-11-7-9(5-6-12(11)19)20-14(25)8-27-17-24-23-16(26-17)15-10-3-1-2-4-13(10)21-22-15/h1-7H,8H2,(H,20,25)(H,21,22). The van der Waals surface area contributed by atoms with Crippen LogP contribution < -0.4 is 5.32 Å². The van der Waals surface area contributed by atoms with Gasteiger partial charge in [-0.1, -0.05) is 41.6 Å². The molecule has 2 heterocycles. The summed E-state index contributed by atoms with van der Waals surface area (Å²) in [5, 5.41) is 18.7. The second-order valence-electron chi connectivity index (χ2n) is 5.46. The van der Waals surface area contributed by atoms with Gasteiger partial charge in [0, 0.05) is 11.1 Å². The van der Waals surface area contributed by atoms with Crippen LogP contribution in [0.5, 0.6) is 0 Å². The molecule has 0 fully saturated rings. The Morgan fingerprint density at radius 3 is 2.96 bits per heavy atom. The first-order valence-corrected chi connectivity index (χ1v) is 9.11. The largest absolute Gasteiger partial charge is 0.409 e. The first-order chi connectivity index (χ1) is 13.1. The molecule has 2 aromatic heterocycles. The topological polar surface area (TPSA) is 96.7 Å². The predicted molar refractivity (Wildman–Crippen MR) is 100 cm³/mol. The van der Waals surface area contributed by atoms with Crippen LogP contribution in [0.25, 0.3) is 22.5 Å². The molecule has 2 aromatic carbocycles. The Balaban J connectivity index is 1.41.